The second-order valence-corrected chi connectivity index (χ2v) is 5.42. The minimum absolute atomic E-state index is 0. The molecule has 6 heteroatoms. The summed E-state index contributed by atoms with van der Waals surface area (Å²) in [5, 5.41) is 0. The molecule has 5 nitrogen and oxygen atoms in total. The normalized spacial score (nSPS) is 22.2. The molecule has 0 spiro atoms. The molecule has 1 saturated heterocycles. The summed E-state index contributed by atoms with van der Waals surface area (Å²) in [6.07, 6.45) is 0. The van der Waals surface area contributed by atoms with Gasteiger partial charge < -0.3 is 15.5 Å². The molecule has 1 heterocycles. The predicted octanol–water partition coefficient (Wildman–Crippen LogP) is 0.471. The van der Waals surface area contributed by atoms with E-state index in [9.17, 15) is 9.59 Å². The molecule has 0 radical (unpaired) electrons. The van der Waals surface area contributed by atoms with Crippen LogP contribution in [-0.4, -0.2) is 53.3 Å². The zero-order valence-corrected chi connectivity index (χ0v) is 12.6. The number of piperazine rings is 1. The highest BCUT2D eigenvalue weighted by Gasteiger charge is 2.44. The highest BCUT2D eigenvalue weighted by molar-refractivity contribution is 5.92. The van der Waals surface area contributed by atoms with Crippen molar-refractivity contribution in [3.05, 3.63) is 0 Å². The van der Waals surface area contributed by atoms with Crippen molar-refractivity contribution in [1.29, 1.82) is 0 Å². The Balaban J connectivity index is 0.00000289. The van der Waals surface area contributed by atoms with Gasteiger partial charge in [-0.15, -0.1) is 12.4 Å². The van der Waals surface area contributed by atoms with Crippen molar-refractivity contribution >= 4 is 24.2 Å². The Kier molecular flexibility index (Phi) is 5.62. The summed E-state index contributed by atoms with van der Waals surface area (Å²) in [4.78, 5) is 27.7. The van der Waals surface area contributed by atoms with Gasteiger partial charge in [-0.05, 0) is 20.8 Å². The molecule has 2 atom stereocenters. The Morgan fingerprint density at radius 3 is 2.28 bits per heavy atom. The summed E-state index contributed by atoms with van der Waals surface area (Å²) in [5.74, 6) is -0.314. The number of amides is 2. The third-order valence-corrected chi connectivity index (χ3v) is 3.65. The molecule has 106 valence electrons. The fraction of sp³-hybridized carbons (Fsp3) is 0.833. The number of halogens is 1. The van der Waals surface area contributed by atoms with Crippen LogP contribution in [0.3, 0.4) is 0 Å². The van der Waals surface area contributed by atoms with Crippen LogP contribution >= 0.6 is 12.4 Å². The van der Waals surface area contributed by atoms with E-state index in [1.165, 1.54) is 0 Å². The van der Waals surface area contributed by atoms with Gasteiger partial charge in [-0.2, -0.15) is 0 Å². The molecule has 0 aromatic rings. The van der Waals surface area contributed by atoms with E-state index in [-0.39, 0.29) is 36.2 Å². The van der Waals surface area contributed by atoms with Crippen LogP contribution < -0.4 is 5.73 Å². The number of rotatable bonds is 2. The molecule has 2 unspecified atom stereocenters. The smallest absolute Gasteiger partial charge is 0.247 e. The fourth-order valence-corrected chi connectivity index (χ4v) is 2.07. The molecular weight excluding hydrogens is 254 g/mol. The zero-order valence-electron chi connectivity index (χ0n) is 11.8. The number of nitrogens with two attached hydrogens (primary N) is 1. The van der Waals surface area contributed by atoms with Crippen LogP contribution in [0.5, 0.6) is 0 Å². The van der Waals surface area contributed by atoms with Crippen molar-refractivity contribution in [3.8, 4) is 0 Å². The lowest BCUT2D eigenvalue weighted by Gasteiger charge is -2.45. The summed E-state index contributed by atoms with van der Waals surface area (Å²) < 4.78 is 0. The standard InChI is InChI=1S/C12H23N3O2.ClH/c1-8(9(2)13)10(16)15-7-6-14(5)11(17)12(15,3)4;/h8-9H,6-7,13H2,1-5H3;1H. The molecule has 1 fully saturated rings. The number of carbonyl (C=O) groups excluding carboxylic acids is 2. The van der Waals surface area contributed by atoms with Gasteiger partial charge in [-0.3, -0.25) is 9.59 Å². The van der Waals surface area contributed by atoms with Gasteiger partial charge in [0.1, 0.15) is 5.54 Å². The maximum absolute atomic E-state index is 12.3. The van der Waals surface area contributed by atoms with Crippen molar-refractivity contribution in [1.82, 2.24) is 9.80 Å². The van der Waals surface area contributed by atoms with Crippen molar-refractivity contribution in [2.75, 3.05) is 20.1 Å². The van der Waals surface area contributed by atoms with E-state index in [2.05, 4.69) is 0 Å². The van der Waals surface area contributed by atoms with Gasteiger partial charge in [0.05, 0.1) is 5.92 Å². The van der Waals surface area contributed by atoms with Gasteiger partial charge in [0.2, 0.25) is 11.8 Å². The molecule has 0 aliphatic carbocycles. The maximum Gasteiger partial charge on any atom is 0.247 e. The van der Waals surface area contributed by atoms with Gasteiger partial charge in [0.25, 0.3) is 0 Å². The minimum atomic E-state index is -0.771. The summed E-state index contributed by atoms with van der Waals surface area (Å²) in [6.45, 7) is 8.36. The van der Waals surface area contributed by atoms with E-state index in [1.807, 2.05) is 13.8 Å². The fourth-order valence-electron chi connectivity index (χ4n) is 2.07. The highest BCUT2D eigenvalue weighted by Crippen LogP contribution is 2.24. The summed E-state index contributed by atoms with van der Waals surface area (Å²) in [6, 6.07) is -0.201. The van der Waals surface area contributed by atoms with Crippen LogP contribution in [0.1, 0.15) is 27.7 Å². The van der Waals surface area contributed by atoms with Crippen molar-refractivity contribution in [2.24, 2.45) is 11.7 Å². The van der Waals surface area contributed by atoms with Gasteiger partial charge in [0, 0.05) is 26.2 Å². The van der Waals surface area contributed by atoms with E-state index in [1.54, 1.807) is 30.7 Å². The predicted molar refractivity (Wildman–Crippen MR) is 73.5 cm³/mol. The van der Waals surface area contributed by atoms with Gasteiger partial charge in [-0.1, -0.05) is 6.92 Å². The molecule has 2 N–H and O–H groups in total. The van der Waals surface area contributed by atoms with Crippen LogP contribution in [0.15, 0.2) is 0 Å². The lowest BCUT2D eigenvalue weighted by molar-refractivity contribution is -0.159. The van der Waals surface area contributed by atoms with E-state index in [0.29, 0.717) is 13.1 Å². The first kappa shape index (κ1) is 17.2. The first-order valence-electron chi connectivity index (χ1n) is 6.02. The Morgan fingerprint density at radius 2 is 1.83 bits per heavy atom. The molecule has 18 heavy (non-hydrogen) atoms. The minimum Gasteiger partial charge on any atom is -0.342 e. The first-order valence-corrected chi connectivity index (χ1v) is 6.02. The largest absolute Gasteiger partial charge is 0.342 e. The van der Waals surface area contributed by atoms with Crippen LogP contribution in [0, 0.1) is 5.92 Å². The Hall–Kier alpha value is -0.810. The summed E-state index contributed by atoms with van der Waals surface area (Å²) in [7, 11) is 1.76. The third-order valence-electron chi connectivity index (χ3n) is 3.65. The summed E-state index contributed by atoms with van der Waals surface area (Å²) >= 11 is 0. The number of hydrogen-bond donors (Lipinski definition) is 1. The molecule has 1 aliphatic rings. The highest BCUT2D eigenvalue weighted by atomic mass is 35.5. The molecule has 0 saturated carbocycles. The molecular formula is C12H24ClN3O2. The van der Waals surface area contributed by atoms with E-state index in [0.717, 1.165) is 0 Å². The van der Waals surface area contributed by atoms with E-state index < -0.39 is 5.54 Å². The van der Waals surface area contributed by atoms with Crippen LogP contribution in [0.4, 0.5) is 0 Å². The van der Waals surface area contributed by atoms with E-state index >= 15 is 0 Å². The average Bonchev–Trinajstić information content (AvgIpc) is 2.24. The Bertz CT molecular complexity index is 331. The number of carbonyl (C=O) groups is 2. The third kappa shape index (κ3) is 2.95. The SMILES string of the molecule is CC(N)C(C)C(=O)N1CCN(C)C(=O)C1(C)C.Cl. The molecule has 2 amide bonds. The average molecular weight is 278 g/mol. The first-order chi connectivity index (χ1) is 7.69. The topological polar surface area (TPSA) is 66.6 Å². The lowest BCUT2D eigenvalue weighted by atomic mass is 9.93. The number of likely N-dealkylation sites (N-methyl/N-ethyl adjacent to an activating group) is 1. The van der Waals surface area contributed by atoms with Crippen LogP contribution in [-0.2, 0) is 9.59 Å². The van der Waals surface area contributed by atoms with Gasteiger partial charge >= 0.3 is 0 Å². The second kappa shape index (κ2) is 5.89. The molecule has 1 rings (SSSR count). The van der Waals surface area contributed by atoms with E-state index in [4.69, 9.17) is 5.73 Å². The molecule has 0 aromatic heterocycles. The molecule has 0 bridgehead atoms. The number of hydrogen-bond acceptors (Lipinski definition) is 3. The Labute approximate surface area is 115 Å². The van der Waals surface area contributed by atoms with Gasteiger partial charge in [0.15, 0.2) is 0 Å². The van der Waals surface area contributed by atoms with Crippen molar-refractivity contribution < 1.29 is 9.59 Å². The van der Waals surface area contributed by atoms with Crippen molar-refractivity contribution in [2.45, 2.75) is 39.3 Å². The monoisotopic (exact) mass is 277 g/mol. The van der Waals surface area contributed by atoms with Crippen molar-refractivity contribution in [3.63, 3.8) is 0 Å². The van der Waals surface area contributed by atoms with Gasteiger partial charge in [-0.25, -0.2) is 0 Å². The number of nitrogens with zero attached hydrogens (tertiary/aromatic N) is 2. The van der Waals surface area contributed by atoms with Crippen LogP contribution in [0.25, 0.3) is 0 Å². The lowest BCUT2D eigenvalue weighted by Crippen LogP contribution is -2.65. The Morgan fingerprint density at radius 1 is 1.33 bits per heavy atom. The maximum atomic E-state index is 12.3. The zero-order chi connectivity index (χ0) is 13.4. The second-order valence-electron chi connectivity index (χ2n) is 5.42. The summed E-state index contributed by atoms with van der Waals surface area (Å²) in [5.41, 5.74) is 4.98. The van der Waals surface area contributed by atoms with Crippen LogP contribution in [0.2, 0.25) is 0 Å². The molecule has 0 aromatic carbocycles. The quantitative estimate of drug-likeness (QED) is 0.798. The molecule has 1 aliphatic heterocycles.